The fourth-order valence-electron chi connectivity index (χ4n) is 1.16. The van der Waals surface area contributed by atoms with Crippen molar-refractivity contribution in [3.8, 4) is 0 Å². The van der Waals surface area contributed by atoms with E-state index in [1.165, 1.54) is 0 Å². The number of quaternary nitrogens is 1. The summed E-state index contributed by atoms with van der Waals surface area (Å²) < 4.78 is 5.95. The maximum atomic E-state index is 11.3. The van der Waals surface area contributed by atoms with E-state index in [0.717, 1.165) is 13.0 Å². The lowest BCUT2D eigenvalue weighted by molar-refractivity contribution is -0.932. The van der Waals surface area contributed by atoms with E-state index in [-0.39, 0.29) is 29.2 Å². The fourth-order valence-corrected chi connectivity index (χ4v) is 1.16. The summed E-state index contributed by atoms with van der Waals surface area (Å²) in [5.74, 6) is -0.306. The molecule has 0 N–H and O–H groups in total. The number of hydrogen-bond acceptors (Lipinski definition) is 2. The summed E-state index contributed by atoms with van der Waals surface area (Å²) in [6.07, 6.45) is 0.946. The summed E-state index contributed by atoms with van der Waals surface area (Å²) >= 11 is 0. The first-order valence-electron chi connectivity index (χ1n) is 5.00. The van der Waals surface area contributed by atoms with Crippen LogP contribution in [0.4, 0.5) is 0 Å². The first-order valence-corrected chi connectivity index (χ1v) is 5.00. The highest BCUT2D eigenvalue weighted by Crippen LogP contribution is 2.10. The first kappa shape index (κ1) is 17.1. The zero-order valence-electron chi connectivity index (χ0n) is 10.3. The number of ether oxygens (including phenoxy) is 1. The number of halogens is 1. The van der Waals surface area contributed by atoms with Crippen LogP contribution in [0, 0.1) is 0 Å². The van der Waals surface area contributed by atoms with E-state index >= 15 is 0 Å². The average Bonchev–Trinajstić information content (AvgIpc) is 2.03. The lowest BCUT2D eigenvalue weighted by Crippen LogP contribution is -3.00. The topological polar surface area (TPSA) is 26.3 Å². The highest BCUT2D eigenvalue weighted by molar-refractivity contribution is 5.86. The van der Waals surface area contributed by atoms with Gasteiger partial charge >= 0.3 is 5.97 Å². The fraction of sp³-hybridized carbons (Fsp3) is 0.727. The van der Waals surface area contributed by atoms with Crippen molar-refractivity contribution in [2.45, 2.75) is 33.4 Å². The van der Waals surface area contributed by atoms with E-state index < -0.39 is 0 Å². The predicted molar refractivity (Wildman–Crippen MR) is 57.6 cm³/mol. The van der Waals surface area contributed by atoms with Crippen molar-refractivity contribution < 1.29 is 31.0 Å². The summed E-state index contributed by atoms with van der Waals surface area (Å²) in [4.78, 5) is 11.3. The Labute approximate surface area is 103 Å². The Balaban J connectivity index is 0. The summed E-state index contributed by atoms with van der Waals surface area (Å²) in [5, 5.41) is 0. The van der Waals surface area contributed by atoms with Crippen LogP contribution >= 0.6 is 0 Å². The molecule has 0 heterocycles. The molecule has 0 amide bonds. The van der Waals surface area contributed by atoms with Crippen LogP contribution in [0.15, 0.2) is 12.2 Å². The van der Waals surface area contributed by atoms with Crippen LogP contribution in [0.5, 0.6) is 0 Å². The van der Waals surface area contributed by atoms with Gasteiger partial charge in [-0.15, -0.1) is 0 Å². The molecule has 90 valence electrons. The van der Waals surface area contributed by atoms with Crippen molar-refractivity contribution in [3.63, 3.8) is 0 Å². The third-order valence-corrected chi connectivity index (χ3v) is 2.41. The Morgan fingerprint density at radius 1 is 1.47 bits per heavy atom. The smallest absolute Gasteiger partial charge is 0.337 e. The third-order valence-electron chi connectivity index (χ3n) is 2.41. The lowest BCUT2D eigenvalue weighted by atomic mass is 10.3. The molecule has 4 heteroatoms. The molecular formula is C11H22BrNO2. The van der Waals surface area contributed by atoms with E-state index in [9.17, 15) is 4.79 Å². The van der Waals surface area contributed by atoms with Crippen LogP contribution in [0.1, 0.15) is 27.2 Å². The SMILES string of the molecule is C=C(C)C(=O)OC(C)[N+](C)(C)CCC.[Br-]. The van der Waals surface area contributed by atoms with Crippen molar-refractivity contribution in [2.24, 2.45) is 0 Å². The zero-order valence-corrected chi connectivity index (χ0v) is 11.9. The lowest BCUT2D eigenvalue weighted by Gasteiger charge is -2.34. The van der Waals surface area contributed by atoms with Crippen LogP contribution in [0.25, 0.3) is 0 Å². The van der Waals surface area contributed by atoms with E-state index in [2.05, 4.69) is 27.6 Å². The van der Waals surface area contributed by atoms with Gasteiger partial charge in [-0.25, -0.2) is 4.79 Å². The van der Waals surface area contributed by atoms with Crippen molar-refractivity contribution in [1.29, 1.82) is 0 Å². The van der Waals surface area contributed by atoms with Gasteiger partial charge in [0.05, 0.1) is 20.6 Å². The van der Waals surface area contributed by atoms with Gasteiger partial charge in [-0.2, -0.15) is 0 Å². The Kier molecular flexibility index (Phi) is 7.97. The monoisotopic (exact) mass is 279 g/mol. The molecule has 0 rings (SSSR count). The molecule has 0 aliphatic heterocycles. The first-order chi connectivity index (χ1) is 6.31. The quantitative estimate of drug-likeness (QED) is 0.278. The second-order valence-corrected chi connectivity index (χ2v) is 4.29. The van der Waals surface area contributed by atoms with Gasteiger partial charge in [-0.1, -0.05) is 13.5 Å². The van der Waals surface area contributed by atoms with E-state index in [4.69, 9.17) is 4.74 Å². The summed E-state index contributed by atoms with van der Waals surface area (Å²) in [7, 11) is 4.11. The Hall–Kier alpha value is -0.350. The summed E-state index contributed by atoms with van der Waals surface area (Å²) in [6, 6.07) is 0. The highest BCUT2D eigenvalue weighted by atomic mass is 79.9. The molecule has 0 bridgehead atoms. The molecular weight excluding hydrogens is 258 g/mol. The largest absolute Gasteiger partial charge is 1.00 e. The maximum Gasteiger partial charge on any atom is 0.337 e. The van der Waals surface area contributed by atoms with Crippen LogP contribution in [-0.2, 0) is 9.53 Å². The molecule has 1 unspecified atom stereocenters. The van der Waals surface area contributed by atoms with E-state index in [1.54, 1.807) is 6.92 Å². The Morgan fingerprint density at radius 2 is 1.93 bits per heavy atom. The predicted octanol–water partition coefficient (Wildman–Crippen LogP) is -1.06. The van der Waals surface area contributed by atoms with Crippen LogP contribution in [0.3, 0.4) is 0 Å². The molecule has 0 aromatic heterocycles. The molecule has 0 saturated carbocycles. The van der Waals surface area contributed by atoms with Gasteiger partial charge in [0.25, 0.3) is 0 Å². The van der Waals surface area contributed by atoms with Crippen LogP contribution < -0.4 is 17.0 Å². The van der Waals surface area contributed by atoms with Crippen molar-refractivity contribution in [1.82, 2.24) is 0 Å². The normalized spacial score (nSPS) is 12.6. The van der Waals surface area contributed by atoms with Crippen molar-refractivity contribution in [3.05, 3.63) is 12.2 Å². The molecule has 0 aromatic carbocycles. The van der Waals surface area contributed by atoms with Crippen LogP contribution in [0.2, 0.25) is 0 Å². The highest BCUT2D eigenvalue weighted by Gasteiger charge is 2.26. The van der Waals surface area contributed by atoms with E-state index in [0.29, 0.717) is 10.1 Å². The number of carbonyl (C=O) groups is 1. The van der Waals surface area contributed by atoms with Gasteiger partial charge < -0.3 is 21.7 Å². The van der Waals surface area contributed by atoms with Crippen molar-refractivity contribution in [2.75, 3.05) is 20.6 Å². The maximum absolute atomic E-state index is 11.3. The standard InChI is InChI=1S/C11H22NO2.BrH/c1-7-8-12(5,6)10(4)14-11(13)9(2)3;/h10H,2,7-8H2,1,3-6H3;1H/q+1;/p-1. The molecule has 0 aliphatic carbocycles. The minimum absolute atomic E-state index is 0. The number of nitrogens with zero attached hydrogens (tertiary/aromatic N) is 1. The zero-order chi connectivity index (χ0) is 11.4. The number of esters is 1. The molecule has 3 nitrogen and oxygen atoms in total. The molecule has 1 atom stereocenters. The van der Waals surface area contributed by atoms with Gasteiger partial charge in [-0.05, 0) is 13.3 Å². The van der Waals surface area contributed by atoms with Crippen LogP contribution in [-0.4, -0.2) is 37.3 Å². The van der Waals surface area contributed by atoms with Crippen molar-refractivity contribution >= 4 is 5.97 Å². The molecule has 15 heavy (non-hydrogen) atoms. The second-order valence-electron chi connectivity index (χ2n) is 4.29. The summed E-state index contributed by atoms with van der Waals surface area (Å²) in [5.41, 5.74) is 0.452. The molecule has 0 radical (unpaired) electrons. The molecule has 0 fully saturated rings. The van der Waals surface area contributed by atoms with E-state index in [1.807, 2.05) is 6.92 Å². The minimum Gasteiger partial charge on any atom is -1.00 e. The molecule has 0 saturated heterocycles. The molecule has 0 aliphatic rings. The average molecular weight is 280 g/mol. The Morgan fingerprint density at radius 3 is 2.27 bits per heavy atom. The number of rotatable bonds is 5. The number of carbonyl (C=O) groups excluding carboxylic acids is 1. The van der Waals surface area contributed by atoms with Gasteiger partial charge in [0, 0.05) is 12.5 Å². The number of hydrogen-bond donors (Lipinski definition) is 0. The van der Waals surface area contributed by atoms with Gasteiger partial charge in [-0.3, -0.25) is 4.48 Å². The van der Waals surface area contributed by atoms with Gasteiger partial charge in [0.1, 0.15) is 0 Å². The second kappa shape index (κ2) is 7.01. The van der Waals surface area contributed by atoms with Gasteiger partial charge in [0.15, 0.2) is 0 Å². The Bertz CT molecular complexity index is 227. The molecule has 0 spiro atoms. The summed E-state index contributed by atoms with van der Waals surface area (Å²) in [6.45, 7) is 10.2. The van der Waals surface area contributed by atoms with Gasteiger partial charge in [0.2, 0.25) is 6.23 Å². The molecule has 0 aromatic rings. The minimum atomic E-state index is -0.306. The third kappa shape index (κ3) is 5.95.